The van der Waals surface area contributed by atoms with Crippen LogP contribution in [0.5, 0.6) is 11.5 Å². The van der Waals surface area contributed by atoms with Crippen LogP contribution in [-0.4, -0.2) is 56.0 Å². The summed E-state index contributed by atoms with van der Waals surface area (Å²) in [6.07, 6.45) is 6.93. The summed E-state index contributed by atoms with van der Waals surface area (Å²) in [5, 5.41) is 5.74. The molecule has 0 bridgehead atoms. The molecular weight excluding hydrogens is 450 g/mol. The van der Waals surface area contributed by atoms with Crippen molar-refractivity contribution in [2.45, 2.75) is 57.5 Å². The Morgan fingerprint density at radius 3 is 2.49 bits per heavy atom. The smallest absolute Gasteiger partial charge is 0.287 e. The lowest BCUT2D eigenvalue weighted by Gasteiger charge is -2.32. The predicted octanol–water partition coefficient (Wildman–Crippen LogP) is 3.46. The van der Waals surface area contributed by atoms with Gasteiger partial charge in [-0.2, -0.15) is 0 Å². The van der Waals surface area contributed by atoms with Crippen LogP contribution in [0, 0.1) is 0 Å². The molecule has 1 heterocycles. The summed E-state index contributed by atoms with van der Waals surface area (Å²) >= 11 is 0. The van der Waals surface area contributed by atoms with Crippen LogP contribution in [0.25, 0.3) is 0 Å². The van der Waals surface area contributed by atoms with Crippen LogP contribution in [0.3, 0.4) is 0 Å². The molecule has 1 fully saturated rings. The number of carbonyl (C=O) groups is 3. The number of ether oxygens (including phenoxy) is 2. The highest BCUT2D eigenvalue weighted by molar-refractivity contribution is 5.95. The van der Waals surface area contributed by atoms with Crippen molar-refractivity contribution in [3.63, 3.8) is 0 Å². The number of nitrogens with zero attached hydrogens (tertiary/aromatic N) is 1. The third-order valence-corrected chi connectivity index (χ3v) is 6.20. The third-order valence-electron chi connectivity index (χ3n) is 6.20. The van der Waals surface area contributed by atoms with Gasteiger partial charge in [0.1, 0.15) is 6.04 Å². The maximum absolute atomic E-state index is 13.6. The molecule has 3 amide bonds. The monoisotopic (exact) mass is 485 g/mol. The highest BCUT2D eigenvalue weighted by atomic mass is 16.5. The number of hydrogen-bond donors (Lipinski definition) is 2. The summed E-state index contributed by atoms with van der Waals surface area (Å²) in [7, 11) is 3.07. The molecule has 35 heavy (non-hydrogen) atoms. The lowest BCUT2D eigenvalue weighted by atomic mass is 10.0. The third kappa shape index (κ3) is 6.77. The fraction of sp³-hybridized carbons (Fsp3) is 0.500. The number of carbonyl (C=O) groups excluding carboxylic acids is 3. The Bertz CT molecular complexity index is 985. The molecule has 1 aliphatic carbocycles. The second-order valence-electron chi connectivity index (χ2n) is 8.61. The molecule has 0 radical (unpaired) electrons. The highest BCUT2D eigenvalue weighted by Crippen LogP contribution is 2.33. The van der Waals surface area contributed by atoms with Gasteiger partial charge >= 0.3 is 0 Å². The number of furan rings is 1. The summed E-state index contributed by atoms with van der Waals surface area (Å²) in [6, 6.07) is 7.56. The molecule has 9 heteroatoms. The minimum atomic E-state index is -0.880. The van der Waals surface area contributed by atoms with E-state index in [-0.39, 0.29) is 30.2 Å². The van der Waals surface area contributed by atoms with Gasteiger partial charge in [-0.05, 0) is 49.1 Å². The zero-order valence-electron chi connectivity index (χ0n) is 20.7. The molecule has 2 N–H and O–H groups in total. The molecule has 2 aromatic rings. The first-order valence-corrected chi connectivity index (χ1v) is 12.1. The molecule has 1 saturated carbocycles. The maximum atomic E-state index is 13.6. The van der Waals surface area contributed by atoms with Gasteiger partial charge in [-0.15, -0.1) is 0 Å². The molecular formula is C26H35N3O6. The van der Waals surface area contributed by atoms with Crippen molar-refractivity contribution in [1.29, 1.82) is 0 Å². The molecule has 0 spiro atoms. The fourth-order valence-electron chi connectivity index (χ4n) is 4.32. The molecule has 1 atom stereocenters. The van der Waals surface area contributed by atoms with Crippen LogP contribution in [0.1, 0.15) is 67.6 Å². The van der Waals surface area contributed by atoms with Crippen molar-refractivity contribution in [1.82, 2.24) is 15.5 Å². The second kappa shape index (κ2) is 12.8. The summed E-state index contributed by atoms with van der Waals surface area (Å²) in [5.74, 6) is 0.0249. The van der Waals surface area contributed by atoms with Crippen molar-refractivity contribution in [3.8, 4) is 11.5 Å². The fourth-order valence-corrected chi connectivity index (χ4v) is 4.32. The van der Waals surface area contributed by atoms with Crippen LogP contribution in [0.2, 0.25) is 0 Å². The van der Waals surface area contributed by atoms with Crippen molar-refractivity contribution in [2.75, 3.05) is 27.3 Å². The van der Waals surface area contributed by atoms with Gasteiger partial charge in [0, 0.05) is 12.6 Å². The number of nitrogens with one attached hydrogen (secondary N) is 2. The van der Waals surface area contributed by atoms with Gasteiger partial charge in [-0.25, -0.2) is 0 Å². The van der Waals surface area contributed by atoms with E-state index in [1.54, 1.807) is 31.4 Å². The van der Waals surface area contributed by atoms with Crippen LogP contribution in [0.4, 0.5) is 0 Å². The van der Waals surface area contributed by atoms with Gasteiger partial charge in [0.15, 0.2) is 17.3 Å². The Balaban J connectivity index is 1.89. The van der Waals surface area contributed by atoms with Gasteiger partial charge in [-0.1, -0.05) is 32.3 Å². The zero-order chi connectivity index (χ0) is 25.2. The number of methoxy groups -OCH3 is 2. The van der Waals surface area contributed by atoms with Gasteiger partial charge in [-0.3, -0.25) is 14.4 Å². The number of benzene rings is 1. The van der Waals surface area contributed by atoms with Gasteiger partial charge in [0.05, 0.1) is 27.0 Å². The molecule has 190 valence electrons. The van der Waals surface area contributed by atoms with E-state index in [1.807, 2.05) is 6.92 Å². The molecule has 0 unspecified atom stereocenters. The summed E-state index contributed by atoms with van der Waals surface area (Å²) < 4.78 is 15.9. The average molecular weight is 486 g/mol. The van der Waals surface area contributed by atoms with E-state index in [1.165, 1.54) is 24.3 Å². The molecule has 9 nitrogen and oxygen atoms in total. The Morgan fingerprint density at radius 1 is 1.11 bits per heavy atom. The predicted molar refractivity (Wildman–Crippen MR) is 130 cm³/mol. The molecule has 1 aliphatic rings. The number of rotatable bonds is 12. The SMILES string of the molecule is CCCCN(C(=O)CNC(=O)c1ccco1)[C@@H](C(=O)NC1CCCC1)c1ccc(OC)c(OC)c1. The van der Waals surface area contributed by atoms with Crippen molar-refractivity contribution >= 4 is 17.7 Å². The summed E-state index contributed by atoms with van der Waals surface area (Å²) in [6.45, 7) is 2.12. The van der Waals surface area contributed by atoms with Gasteiger partial charge < -0.3 is 29.4 Å². The van der Waals surface area contributed by atoms with Crippen molar-refractivity contribution in [3.05, 3.63) is 47.9 Å². The average Bonchev–Trinajstić information content (AvgIpc) is 3.59. The first-order valence-electron chi connectivity index (χ1n) is 12.1. The van der Waals surface area contributed by atoms with E-state index in [9.17, 15) is 14.4 Å². The van der Waals surface area contributed by atoms with Crippen molar-refractivity contribution in [2.24, 2.45) is 0 Å². The van der Waals surface area contributed by atoms with E-state index in [2.05, 4.69) is 10.6 Å². The van der Waals surface area contributed by atoms with Crippen LogP contribution in [0.15, 0.2) is 41.0 Å². The zero-order valence-corrected chi connectivity index (χ0v) is 20.7. The first kappa shape index (κ1) is 26.1. The second-order valence-corrected chi connectivity index (χ2v) is 8.61. The Labute approximate surface area is 206 Å². The molecule has 3 rings (SSSR count). The quantitative estimate of drug-likeness (QED) is 0.477. The summed E-state index contributed by atoms with van der Waals surface area (Å²) in [4.78, 5) is 40.9. The topological polar surface area (TPSA) is 110 Å². The van der Waals surface area contributed by atoms with Crippen LogP contribution >= 0.6 is 0 Å². The first-order chi connectivity index (χ1) is 17.0. The van der Waals surface area contributed by atoms with Crippen LogP contribution in [-0.2, 0) is 9.59 Å². The largest absolute Gasteiger partial charge is 0.493 e. The molecule has 0 saturated heterocycles. The van der Waals surface area contributed by atoms with E-state index in [0.29, 0.717) is 30.0 Å². The van der Waals surface area contributed by atoms with E-state index < -0.39 is 11.9 Å². The number of hydrogen-bond acceptors (Lipinski definition) is 6. The molecule has 0 aliphatic heterocycles. The normalized spacial score (nSPS) is 14.3. The highest BCUT2D eigenvalue weighted by Gasteiger charge is 2.33. The van der Waals surface area contributed by atoms with Crippen LogP contribution < -0.4 is 20.1 Å². The lowest BCUT2D eigenvalue weighted by Crippen LogP contribution is -2.49. The van der Waals surface area contributed by atoms with Gasteiger partial charge in [0.25, 0.3) is 5.91 Å². The van der Waals surface area contributed by atoms with E-state index in [4.69, 9.17) is 13.9 Å². The van der Waals surface area contributed by atoms with Crippen molar-refractivity contribution < 1.29 is 28.3 Å². The summed E-state index contributed by atoms with van der Waals surface area (Å²) in [5.41, 5.74) is 0.611. The molecule has 1 aromatic carbocycles. The minimum Gasteiger partial charge on any atom is -0.493 e. The minimum absolute atomic E-state index is 0.0897. The van der Waals surface area contributed by atoms with E-state index >= 15 is 0 Å². The Kier molecular flexibility index (Phi) is 9.57. The number of unbranched alkanes of at least 4 members (excludes halogenated alkanes) is 1. The standard InChI is InChI=1S/C26H35N3O6/c1-4-5-14-29(23(30)17-27-25(31)21-11-8-15-35-21)24(26(32)28-19-9-6-7-10-19)18-12-13-20(33-2)22(16-18)34-3/h8,11-13,15-16,19,24H,4-7,9-10,14,17H2,1-3H3,(H,27,31)(H,28,32)/t24-/m1/s1. The Morgan fingerprint density at radius 2 is 1.86 bits per heavy atom. The lowest BCUT2D eigenvalue weighted by molar-refractivity contribution is -0.140. The van der Waals surface area contributed by atoms with E-state index in [0.717, 1.165) is 32.1 Å². The van der Waals surface area contributed by atoms with Gasteiger partial charge in [0.2, 0.25) is 11.8 Å². The maximum Gasteiger partial charge on any atom is 0.287 e. The molecule has 1 aromatic heterocycles. The number of amides is 3. The Hall–Kier alpha value is -3.49.